The molecule has 13 heteroatoms. The van der Waals surface area contributed by atoms with Gasteiger partial charge in [-0.25, -0.2) is 0 Å². The van der Waals surface area contributed by atoms with Crippen molar-refractivity contribution in [1.29, 1.82) is 0 Å². The minimum atomic E-state index is 0.00546. The molecule has 0 unspecified atom stereocenters. The Morgan fingerprint density at radius 2 is 0.673 bits per heavy atom. The van der Waals surface area contributed by atoms with Crippen molar-refractivity contribution in [1.82, 2.24) is 29.4 Å². The van der Waals surface area contributed by atoms with Crippen molar-refractivity contribution >= 4 is 90.7 Å². The number of Topliss-reactive ketones (excluding diaryl/α,β-unsaturated/α-hetero) is 2. The molecule has 0 bridgehead atoms. The number of hydrogen-bond donors (Lipinski definition) is 0. The Morgan fingerprint density at radius 3 is 0.857 bits per heavy atom. The van der Waals surface area contributed by atoms with Gasteiger partial charge in [0.25, 0.3) is 0 Å². The molecule has 49 heavy (non-hydrogen) atoms. The Kier molecular flexibility index (Phi) is 16.7. The first kappa shape index (κ1) is 40.6. The Labute approximate surface area is 334 Å². The van der Waals surface area contributed by atoms with Gasteiger partial charge in [0.2, 0.25) is 23.1 Å². The van der Waals surface area contributed by atoms with Crippen molar-refractivity contribution in [3.05, 3.63) is 46.3 Å². The van der Waals surface area contributed by atoms with Crippen LogP contribution < -0.4 is 0 Å². The summed E-state index contributed by atoms with van der Waals surface area (Å²) in [5.41, 5.74) is 3.77. The van der Waals surface area contributed by atoms with E-state index in [-0.39, 0.29) is 23.1 Å². The van der Waals surface area contributed by atoms with E-state index in [0.29, 0.717) is 34.2 Å². The molecule has 8 rings (SSSR count). The number of nitrogens with zero attached hydrogens (tertiary/aromatic N) is 6. The number of carbonyl (C=O) groups excluding carboxylic acids is 4. The zero-order chi connectivity index (χ0) is 35.5. The summed E-state index contributed by atoms with van der Waals surface area (Å²) in [5.74, 6) is 0.0970. The van der Waals surface area contributed by atoms with Crippen LogP contribution in [0, 0.1) is 0 Å². The second-order valence-electron chi connectivity index (χ2n) is 13.2. The van der Waals surface area contributed by atoms with Gasteiger partial charge in [0, 0.05) is 90.7 Å². The third-order valence-electron chi connectivity index (χ3n) is 8.65. The van der Waals surface area contributed by atoms with E-state index in [9.17, 15) is 19.2 Å². The molecular weight excluding hydrogens is 937 g/mol. The molecule has 0 saturated carbocycles. The fourth-order valence-corrected chi connectivity index (χ4v) is 8.66. The summed E-state index contributed by atoms with van der Waals surface area (Å²) in [6.45, 7) is 17.5. The second kappa shape index (κ2) is 20.2. The van der Waals surface area contributed by atoms with Crippen LogP contribution in [0.25, 0.3) is 0 Å². The zero-order valence-corrected chi connectivity index (χ0v) is 39.9. The summed E-state index contributed by atoms with van der Waals surface area (Å²) < 4.78 is 4.42. The quantitative estimate of drug-likeness (QED) is 0.164. The second-order valence-corrected chi connectivity index (χ2v) is 18.1. The molecule has 10 nitrogen and oxygen atoms in total. The Hall–Kier alpha value is -1.16. The van der Waals surface area contributed by atoms with Gasteiger partial charge in [-0.1, -0.05) is 0 Å². The van der Waals surface area contributed by atoms with Gasteiger partial charge >= 0.3 is 140 Å². The number of rotatable bonds is 12. The van der Waals surface area contributed by atoms with Gasteiger partial charge in [-0.2, -0.15) is 0 Å². The molecule has 0 aromatic rings. The molecule has 2 aliphatic carbocycles. The minimum absolute atomic E-state index is 0.00546. The van der Waals surface area contributed by atoms with Crippen molar-refractivity contribution in [3.8, 4) is 0 Å². The number of allylic oxidation sites excluding steroid dienone is 2. The van der Waals surface area contributed by atoms with Gasteiger partial charge in [0.05, 0.1) is 11.4 Å². The molecule has 0 N–H and O–H groups in total. The van der Waals surface area contributed by atoms with E-state index in [1.54, 1.807) is 0 Å². The van der Waals surface area contributed by atoms with Crippen LogP contribution in [0.15, 0.2) is 46.3 Å². The van der Waals surface area contributed by atoms with Crippen molar-refractivity contribution in [2.24, 2.45) is 0 Å². The van der Waals surface area contributed by atoms with Crippen LogP contribution in [0.1, 0.15) is 59.3 Å². The maximum atomic E-state index is 12.4. The molecular formula is C36H56N6O4Sn3. The largest absolute Gasteiger partial charge is 0.365 e. The summed E-state index contributed by atoms with van der Waals surface area (Å²) in [5, 5.41) is 0. The van der Waals surface area contributed by atoms with Crippen LogP contribution in [0.5, 0.6) is 0 Å². The number of hydrogen-bond acceptors (Lipinski definition) is 10. The Morgan fingerprint density at radius 1 is 0.429 bits per heavy atom. The standard InChI is InChI=1S/2C12H13N3O2.3C4H9.3Sn.3H/c2*16-9-7-8(13-1-2-13)12(17)11(15-5-6-15)10(9)14-3-4-14;3*1-3-4-2;;;;;;/h2*7H,1-6H2;3*1,3-4H2,2H3;;;;;;. The number of ketones is 4. The Bertz CT molecular complexity index is 1230. The summed E-state index contributed by atoms with van der Waals surface area (Å²) in [6.07, 6.45) is 11.5. The first-order valence-electron chi connectivity index (χ1n) is 18.5. The van der Waals surface area contributed by atoms with E-state index in [0.717, 1.165) is 78.5 Å². The van der Waals surface area contributed by atoms with Gasteiger partial charge in [-0.15, -0.1) is 0 Å². The third-order valence-corrected chi connectivity index (χ3v) is 12.1. The smallest absolute Gasteiger partial charge is 0.227 e. The minimum Gasteiger partial charge on any atom is -0.365 e. The van der Waals surface area contributed by atoms with Crippen molar-refractivity contribution in [2.75, 3.05) is 78.5 Å². The monoisotopic (exact) mass is 996 g/mol. The average Bonchev–Trinajstić information content (AvgIpc) is 3.89. The molecule has 6 saturated heterocycles. The van der Waals surface area contributed by atoms with Gasteiger partial charge < -0.3 is 29.4 Å². The third kappa shape index (κ3) is 12.5. The summed E-state index contributed by atoms with van der Waals surface area (Å²) >= 11 is 4.35. The zero-order valence-electron chi connectivity index (χ0n) is 30.1. The maximum Gasteiger partial charge on any atom is 0.227 e. The van der Waals surface area contributed by atoms with Gasteiger partial charge in [0.1, 0.15) is 22.8 Å². The SMILES string of the molecule is CCC[CH2][SnH].CCC[CH2][SnH].CCC[CH2][SnH].O=C1C=C(N2CC2)C(=O)C(N2CC2)=C1N1CC1.O=C1C=C(N2CC2)C(=O)C(N2CC2)=C1N1CC1. The van der Waals surface area contributed by atoms with E-state index >= 15 is 0 Å². The van der Waals surface area contributed by atoms with E-state index in [4.69, 9.17) is 0 Å². The van der Waals surface area contributed by atoms with E-state index in [1.807, 2.05) is 29.4 Å². The van der Waals surface area contributed by atoms with Crippen LogP contribution >= 0.6 is 0 Å². The van der Waals surface area contributed by atoms with Gasteiger partial charge in [0.15, 0.2) is 0 Å². The molecule has 0 aromatic heterocycles. The van der Waals surface area contributed by atoms with Crippen molar-refractivity contribution in [2.45, 2.75) is 72.6 Å². The first-order valence-corrected chi connectivity index (χ1v) is 25.4. The van der Waals surface area contributed by atoms with Gasteiger partial charge in [-0.3, -0.25) is 19.2 Å². The van der Waals surface area contributed by atoms with E-state index < -0.39 is 0 Å². The van der Waals surface area contributed by atoms with Crippen LogP contribution in [0.4, 0.5) is 0 Å². The van der Waals surface area contributed by atoms with Crippen LogP contribution in [0.2, 0.25) is 13.3 Å². The predicted molar refractivity (Wildman–Crippen MR) is 200 cm³/mol. The molecule has 0 spiro atoms. The van der Waals surface area contributed by atoms with Crippen molar-refractivity contribution < 1.29 is 19.2 Å². The van der Waals surface area contributed by atoms with Crippen molar-refractivity contribution in [3.63, 3.8) is 0 Å². The van der Waals surface area contributed by atoms with E-state index in [1.165, 1.54) is 132 Å². The van der Waals surface area contributed by atoms with Crippen LogP contribution in [-0.4, -0.2) is 199 Å². The summed E-state index contributed by atoms with van der Waals surface area (Å²) in [4.78, 5) is 60.9. The normalized spacial score (nSPS) is 21.0. The Balaban J connectivity index is 0.000000158. The molecule has 6 fully saturated rings. The fraction of sp³-hybridized carbons (Fsp3) is 0.667. The van der Waals surface area contributed by atoms with E-state index in [2.05, 4.69) is 20.8 Å². The topological polar surface area (TPSA) is 86.3 Å². The molecule has 0 aromatic carbocycles. The molecule has 6 aliphatic heterocycles. The number of unbranched alkanes of at least 4 members (excludes halogenated alkanes) is 3. The molecule has 266 valence electrons. The average molecular weight is 993 g/mol. The number of carbonyl (C=O) groups is 4. The fourth-order valence-electron chi connectivity index (χ4n) is 5.16. The molecule has 8 aliphatic rings. The van der Waals surface area contributed by atoms with Gasteiger partial charge in [-0.05, 0) is 0 Å². The summed E-state index contributed by atoms with van der Waals surface area (Å²) in [7, 11) is 0. The molecule has 0 atom stereocenters. The van der Waals surface area contributed by atoms with Crippen LogP contribution in [-0.2, 0) is 19.2 Å². The summed E-state index contributed by atoms with van der Waals surface area (Å²) in [6, 6.07) is 0. The maximum absolute atomic E-state index is 12.4. The molecule has 6 heterocycles. The van der Waals surface area contributed by atoms with Crippen LogP contribution in [0.3, 0.4) is 0 Å². The molecule has 6 radical (unpaired) electrons. The predicted octanol–water partition coefficient (Wildman–Crippen LogP) is 1.68. The first-order chi connectivity index (χ1) is 23.8. The molecule has 0 amide bonds.